The van der Waals surface area contributed by atoms with Crippen LogP contribution in [0.5, 0.6) is 0 Å². The van der Waals surface area contributed by atoms with E-state index >= 15 is 0 Å². The van der Waals surface area contributed by atoms with Crippen LogP contribution in [0.1, 0.15) is 90.9 Å². The molecule has 0 N–H and O–H groups in total. The molecule has 0 atom stereocenters. The van der Waals surface area contributed by atoms with Crippen LogP contribution in [0.3, 0.4) is 0 Å². The van der Waals surface area contributed by atoms with Crippen molar-refractivity contribution >= 4 is 11.9 Å². The molecule has 0 rings (SSSR count). The van der Waals surface area contributed by atoms with Crippen molar-refractivity contribution in [2.45, 2.75) is 90.9 Å². The van der Waals surface area contributed by atoms with E-state index in [-0.39, 0.29) is 13.2 Å². The molecule has 0 spiro atoms. The molecule has 6 nitrogen and oxygen atoms in total. The van der Waals surface area contributed by atoms with E-state index < -0.39 is 11.9 Å². The predicted octanol–water partition coefficient (Wildman–Crippen LogP) is 5.38. The highest BCUT2D eigenvalue weighted by Crippen LogP contribution is 2.05. The summed E-state index contributed by atoms with van der Waals surface area (Å²) in [7, 11) is 0. The van der Waals surface area contributed by atoms with Gasteiger partial charge >= 0.3 is 11.9 Å². The number of esters is 2. The third kappa shape index (κ3) is 22.9. The van der Waals surface area contributed by atoms with Crippen molar-refractivity contribution in [1.29, 1.82) is 0 Å². The highest BCUT2D eigenvalue weighted by molar-refractivity contribution is 5.91. The summed E-state index contributed by atoms with van der Waals surface area (Å²) in [5.41, 5.74) is 0. The lowest BCUT2D eigenvalue weighted by atomic mass is 10.1. The summed E-state index contributed by atoms with van der Waals surface area (Å²) >= 11 is 0. The van der Waals surface area contributed by atoms with Crippen LogP contribution in [-0.4, -0.2) is 51.6 Å². The summed E-state index contributed by atoms with van der Waals surface area (Å²) in [6.45, 7) is 6.89. The highest BCUT2D eigenvalue weighted by atomic mass is 16.6. The highest BCUT2D eigenvalue weighted by Gasteiger charge is 2.01. The summed E-state index contributed by atoms with van der Waals surface area (Å²) in [6.07, 6.45) is 16.7. The van der Waals surface area contributed by atoms with Crippen molar-refractivity contribution in [3.05, 3.63) is 12.2 Å². The molecule has 0 unspecified atom stereocenters. The first-order valence-corrected chi connectivity index (χ1v) is 11.9. The van der Waals surface area contributed by atoms with E-state index in [1.807, 2.05) is 0 Å². The molecular weight excluding hydrogens is 384 g/mol. The van der Waals surface area contributed by atoms with Crippen molar-refractivity contribution in [3.8, 4) is 0 Å². The third-order valence-electron chi connectivity index (χ3n) is 4.58. The van der Waals surface area contributed by atoms with E-state index in [0.29, 0.717) is 26.4 Å². The van der Waals surface area contributed by atoms with E-state index in [2.05, 4.69) is 13.8 Å². The van der Waals surface area contributed by atoms with Crippen LogP contribution in [0.15, 0.2) is 12.2 Å². The Hall–Kier alpha value is -1.40. The molecule has 6 heteroatoms. The standard InChI is InChI=1S/C24H44O6/c1-3-5-7-9-11-13-17-27-19-21-29-23(25)15-16-24(26)30-22-20-28-18-14-12-10-8-6-4-2/h15-16H,3-14,17-22H2,1-2H3/b16-15+. The zero-order chi connectivity index (χ0) is 22.1. The lowest BCUT2D eigenvalue weighted by Gasteiger charge is -2.05. The van der Waals surface area contributed by atoms with Crippen LogP contribution < -0.4 is 0 Å². The minimum atomic E-state index is -0.575. The normalized spacial score (nSPS) is 11.1. The summed E-state index contributed by atoms with van der Waals surface area (Å²) in [4.78, 5) is 23.1. The Morgan fingerprint density at radius 1 is 0.500 bits per heavy atom. The van der Waals surface area contributed by atoms with Crippen molar-refractivity contribution < 1.29 is 28.5 Å². The number of ether oxygens (including phenoxy) is 4. The first-order chi connectivity index (χ1) is 14.7. The average Bonchev–Trinajstić information content (AvgIpc) is 2.75. The molecular formula is C24H44O6. The Morgan fingerprint density at radius 3 is 1.27 bits per heavy atom. The summed E-state index contributed by atoms with van der Waals surface area (Å²) in [5, 5.41) is 0. The van der Waals surface area contributed by atoms with Crippen molar-refractivity contribution in [2.24, 2.45) is 0 Å². The molecule has 0 aliphatic heterocycles. The van der Waals surface area contributed by atoms with Gasteiger partial charge in [0.25, 0.3) is 0 Å². The minimum absolute atomic E-state index is 0.181. The molecule has 0 aliphatic carbocycles. The molecule has 0 amide bonds. The SMILES string of the molecule is CCCCCCCCOCCOC(=O)/C=C/C(=O)OCCOCCCCCCCC. The van der Waals surface area contributed by atoms with Crippen LogP contribution in [0, 0.1) is 0 Å². The van der Waals surface area contributed by atoms with Gasteiger partial charge in [0.1, 0.15) is 13.2 Å². The molecule has 0 aliphatic rings. The van der Waals surface area contributed by atoms with Gasteiger partial charge in [0.2, 0.25) is 0 Å². The number of carbonyl (C=O) groups is 2. The topological polar surface area (TPSA) is 71.1 Å². The fourth-order valence-corrected chi connectivity index (χ4v) is 2.81. The van der Waals surface area contributed by atoms with Gasteiger partial charge in [-0.25, -0.2) is 9.59 Å². The van der Waals surface area contributed by atoms with E-state index in [4.69, 9.17) is 18.9 Å². The molecule has 0 aromatic heterocycles. The summed E-state index contributed by atoms with van der Waals surface area (Å²) < 4.78 is 20.8. The van der Waals surface area contributed by atoms with Crippen molar-refractivity contribution in [3.63, 3.8) is 0 Å². The lowest BCUT2D eigenvalue weighted by molar-refractivity contribution is -0.142. The van der Waals surface area contributed by atoms with E-state index in [0.717, 1.165) is 25.0 Å². The largest absolute Gasteiger partial charge is 0.460 e. The zero-order valence-electron chi connectivity index (χ0n) is 19.3. The maximum atomic E-state index is 11.5. The van der Waals surface area contributed by atoms with Crippen molar-refractivity contribution in [1.82, 2.24) is 0 Å². The lowest BCUT2D eigenvalue weighted by Crippen LogP contribution is -2.11. The second kappa shape index (κ2) is 23.9. The Kier molecular flexibility index (Phi) is 22.8. The molecule has 0 fully saturated rings. The van der Waals surface area contributed by atoms with Crippen LogP contribution in [0.25, 0.3) is 0 Å². The summed E-state index contributed by atoms with van der Waals surface area (Å²) in [6, 6.07) is 0. The zero-order valence-corrected chi connectivity index (χ0v) is 19.3. The van der Waals surface area contributed by atoms with E-state index in [1.165, 1.54) is 64.2 Å². The molecule has 0 aromatic carbocycles. The van der Waals surface area contributed by atoms with Gasteiger partial charge in [0.05, 0.1) is 13.2 Å². The number of rotatable bonds is 22. The van der Waals surface area contributed by atoms with Gasteiger partial charge in [-0.2, -0.15) is 0 Å². The van der Waals surface area contributed by atoms with Gasteiger partial charge in [0.15, 0.2) is 0 Å². The quantitative estimate of drug-likeness (QED) is 0.131. The number of hydrogen-bond donors (Lipinski definition) is 0. The fraction of sp³-hybridized carbons (Fsp3) is 0.833. The number of carbonyl (C=O) groups excluding carboxylic acids is 2. The van der Waals surface area contributed by atoms with Gasteiger partial charge in [-0.3, -0.25) is 0 Å². The number of hydrogen-bond acceptors (Lipinski definition) is 6. The fourth-order valence-electron chi connectivity index (χ4n) is 2.81. The van der Waals surface area contributed by atoms with Crippen molar-refractivity contribution in [2.75, 3.05) is 39.6 Å². The smallest absolute Gasteiger partial charge is 0.331 e. The van der Waals surface area contributed by atoms with E-state index in [9.17, 15) is 9.59 Å². The van der Waals surface area contributed by atoms with Crippen LogP contribution in [0.2, 0.25) is 0 Å². The van der Waals surface area contributed by atoms with Gasteiger partial charge in [-0.1, -0.05) is 78.1 Å². The number of unbranched alkanes of at least 4 members (excludes halogenated alkanes) is 10. The molecule has 0 heterocycles. The van der Waals surface area contributed by atoms with Crippen LogP contribution in [0.4, 0.5) is 0 Å². The maximum Gasteiger partial charge on any atom is 0.331 e. The summed E-state index contributed by atoms with van der Waals surface area (Å²) in [5.74, 6) is -1.15. The van der Waals surface area contributed by atoms with Gasteiger partial charge in [-0.05, 0) is 12.8 Å². The van der Waals surface area contributed by atoms with Gasteiger partial charge in [-0.15, -0.1) is 0 Å². The average molecular weight is 429 g/mol. The molecule has 176 valence electrons. The van der Waals surface area contributed by atoms with Gasteiger partial charge < -0.3 is 18.9 Å². The third-order valence-corrected chi connectivity index (χ3v) is 4.58. The first kappa shape index (κ1) is 28.6. The first-order valence-electron chi connectivity index (χ1n) is 11.9. The molecule has 0 saturated carbocycles. The molecule has 0 radical (unpaired) electrons. The molecule has 30 heavy (non-hydrogen) atoms. The minimum Gasteiger partial charge on any atom is -0.460 e. The second-order valence-corrected chi connectivity index (χ2v) is 7.43. The molecule has 0 saturated heterocycles. The molecule has 0 aromatic rings. The predicted molar refractivity (Wildman–Crippen MR) is 119 cm³/mol. The Bertz CT molecular complexity index is 384. The second-order valence-electron chi connectivity index (χ2n) is 7.43. The Labute approximate surface area is 183 Å². The monoisotopic (exact) mass is 428 g/mol. The molecule has 0 bridgehead atoms. The maximum absolute atomic E-state index is 11.5. The van der Waals surface area contributed by atoms with E-state index in [1.54, 1.807) is 0 Å². The Balaban J connectivity index is 3.41. The van der Waals surface area contributed by atoms with Crippen LogP contribution in [-0.2, 0) is 28.5 Å². The van der Waals surface area contributed by atoms with Crippen LogP contribution >= 0.6 is 0 Å². The Morgan fingerprint density at radius 2 is 0.867 bits per heavy atom. The van der Waals surface area contributed by atoms with Gasteiger partial charge in [0, 0.05) is 25.4 Å².